The normalized spacial score (nSPS) is 15.1. The lowest BCUT2D eigenvalue weighted by molar-refractivity contribution is -0.141. The summed E-state index contributed by atoms with van der Waals surface area (Å²) < 4.78 is 13.6. The number of unbranched alkanes of at least 4 members (excludes halogenated alkanes) is 6. The largest absolute Gasteiger partial charge is 0.493 e. The molecule has 2 heterocycles. The highest BCUT2D eigenvalue weighted by Gasteiger charge is 2.32. The summed E-state index contributed by atoms with van der Waals surface area (Å²) in [6.07, 6.45) is 15.5. The van der Waals surface area contributed by atoms with E-state index in [1.165, 1.54) is 44.1 Å². The van der Waals surface area contributed by atoms with Gasteiger partial charge in [-0.25, -0.2) is 4.98 Å². The number of rotatable bonds is 15. The number of nitrogens with zero attached hydrogens (tertiary/aromatic N) is 3. The van der Waals surface area contributed by atoms with Gasteiger partial charge in [-0.3, -0.25) is 4.79 Å². The second kappa shape index (κ2) is 13.1. The maximum absolute atomic E-state index is 12.2. The van der Waals surface area contributed by atoms with E-state index in [1.54, 1.807) is 0 Å². The van der Waals surface area contributed by atoms with E-state index >= 15 is 0 Å². The van der Waals surface area contributed by atoms with Gasteiger partial charge in [0.15, 0.2) is 0 Å². The standard InChI is InChI=1S/C26H39N3O3/c1-3-5-6-7-8-9-10-18-32-24-13-11-12-23-26(24)22(14-16-28-17-15-27-21-28)19-29(23)20-25(30)31-4-2/h11-13,15,17,21-22H,3-10,14,16,18-20H2,1-2H3. The van der Waals surface area contributed by atoms with Crippen LogP contribution in [0.4, 0.5) is 5.69 Å². The summed E-state index contributed by atoms with van der Waals surface area (Å²) in [6.45, 7) is 7.23. The second-order valence-corrected chi connectivity index (χ2v) is 8.63. The summed E-state index contributed by atoms with van der Waals surface area (Å²) in [7, 11) is 0. The third kappa shape index (κ3) is 7.01. The van der Waals surface area contributed by atoms with E-state index < -0.39 is 0 Å². The highest BCUT2D eigenvalue weighted by molar-refractivity contribution is 5.78. The molecule has 1 aromatic carbocycles. The van der Waals surface area contributed by atoms with Gasteiger partial charge in [-0.2, -0.15) is 0 Å². The molecule has 176 valence electrons. The quantitative estimate of drug-likeness (QED) is 0.267. The fourth-order valence-corrected chi connectivity index (χ4v) is 4.51. The molecule has 2 aromatic rings. The van der Waals surface area contributed by atoms with Crippen molar-refractivity contribution < 1.29 is 14.3 Å². The zero-order valence-corrected chi connectivity index (χ0v) is 19.8. The molecule has 1 aliphatic rings. The molecule has 1 aromatic heterocycles. The molecule has 1 aliphatic heterocycles. The summed E-state index contributed by atoms with van der Waals surface area (Å²) >= 11 is 0. The van der Waals surface area contributed by atoms with Gasteiger partial charge in [0, 0.05) is 42.7 Å². The predicted molar refractivity (Wildman–Crippen MR) is 128 cm³/mol. The van der Waals surface area contributed by atoms with Crippen molar-refractivity contribution in [2.45, 2.75) is 77.7 Å². The molecular weight excluding hydrogens is 402 g/mol. The van der Waals surface area contributed by atoms with Crippen LogP contribution < -0.4 is 9.64 Å². The van der Waals surface area contributed by atoms with E-state index in [-0.39, 0.29) is 12.5 Å². The van der Waals surface area contributed by atoms with Crippen LogP contribution in [0.3, 0.4) is 0 Å². The first-order valence-corrected chi connectivity index (χ1v) is 12.3. The van der Waals surface area contributed by atoms with Crippen molar-refractivity contribution in [3.8, 4) is 5.75 Å². The lowest BCUT2D eigenvalue weighted by atomic mass is 9.97. The average molecular weight is 442 g/mol. The predicted octanol–water partition coefficient (Wildman–Crippen LogP) is 5.57. The smallest absolute Gasteiger partial charge is 0.325 e. The van der Waals surface area contributed by atoms with Crippen LogP contribution in [-0.2, 0) is 16.1 Å². The van der Waals surface area contributed by atoms with E-state index in [0.29, 0.717) is 12.5 Å². The Morgan fingerprint density at radius 1 is 1.12 bits per heavy atom. The molecule has 0 saturated carbocycles. The lowest BCUT2D eigenvalue weighted by Crippen LogP contribution is -2.30. The Hall–Kier alpha value is -2.50. The molecule has 0 N–H and O–H groups in total. The minimum Gasteiger partial charge on any atom is -0.493 e. The van der Waals surface area contributed by atoms with E-state index in [1.807, 2.05) is 31.7 Å². The number of ether oxygens (including phenoxy) is 2. The zero-order valence-electron chi connectivity index (χ0n) is 19.8. The number of hydrogen-bond acceptors (Lipinski definition) is 5. The van der Waals surface area contributed by atoms with Crippen molar-refractivity contribution in [2.24, 2.45) is 0 Å². The van der Waals surface area contributed by atoms with E-state index in [9.17, 15) is 4.79 Å². The molecule has 0 saturated heterocycles. The Balaban J connectivity index is 1.62. The van der Waals surface area contributed by atoms with Gasteiger partial charge in [-0.15, -0.1) is 0 Å². The van der Waals surface area contributed by atoms with Crippen molar-refractivity contribution in [3.05, 3.63) is 42.5 Å². The number of benzene rings is 1. The Morgan fingerprint density at radius 2 is 1.94 bits per heavy atom. The molecule has 0 radical (unpaired) electrons. The molecule has 1 unspecified atom stereocenters. The Labute approximate surface area is 192 Å². The third-order valence-corrected chi connectivity index (χ3v) is 6.16. The zero-order chi connectivity index (χ0) is 22.6. The summed E-state index contributed by atoms with van der Waals surface area (Å²) in [6, 6.07) is 6.22. The summed E-state index contributed by atoms with van der Waals surface area (Å²) in [5.41, 5.74) is 2.34. The molecule has 32 heavy (non-hydrogen) atoms. The minimum atomic E-state index is -0.178. The number of carbonyl (C=O) groups is 1. The fraction of sp³-hybridized carbons (Fsp3) is 0.615. The summed E-state index contributed by atoms with van der Waals surface area (Å²) in [4.78, 5) is 18.5. The van der Waals surface area contributed by atoms with Gasteiger partial charge in [0.1, 0.15) is 12.3 Å². The van der Waals surface area contributed by atoms with Gasteiger partial charge >= 0.3 is 5.97 Å². The van der Waals surface area contributed by atoms with Gasteiger partial charge < -0.3 is 18.9 Å². The molecule has 0 bridgehead atoms. The lowest BCUT2D eigenvalue weighted by Gasteiger charge is -2.18. The van der Waals surface area contributed by atoms with Crippen molar-refractivity contribution in [2.75, 3.05) is 31.2 Å². The Kier molecular flexibility index (Phi) is 9.92. The first-order chi connectivity index (χ1) is 15.7. The number of esters is 1. The van der Waals surface area contributed by atoms with Crippen molar-refractivity contribution in [1.29, 1.82) is 0 Å². The topological polar surface area (TPSA) is 56.6 Å². The number of aromatic nitrogens is 2. The number of hydrogen-bond donors (Lipinski definition) is 0. The van der Waals surface area contributed by atoms with E-state index in [2.05, 4.69) is 33.5 Å². The molecule has 0 aliphatic carbocycles. The van der Waals surface area contributed by atoms with Gasteiger partial charge in [0.05, 0.1) is 19.5 Å². The van der Waals surface area contributed by atoms with Crippen LogP contribution in [0.15, 0.2) is 36.9 Å². The highest BCUT2D eigenvalue weighted by Crippen LogP contribution is 2.44. The molecule has 0 spiro atoms. The molecule has 3 rings (SSSR count). The number of carbonyl (C=O) groups excluding carboxylic acids is 1. The number of aryl methyl sites for hydroxylation is 1. The Morgan fingerprint density at radius 3 is 2.69 bits per heavy atom. The maximum atomic E-state index is 12.2. The van der Waals surface area contributed by atoms with Crippen molar-refractivity contribution in [1.82, 2.24) is 9.55 Å². The van der Waals surface area contributed by atoms with E-state index in [0.717, 1.165) is 44.0 Å². The van der Waals surface area contributed by atoms with Crippen LogP contribution in [-0.4, -0.2) is 41.8 Å². The van der Waals surface area contributed by atoms with Gasteiger partial charge in [-0.05, 0) is 31.9 Å². The molecule has 6 heteroatoms. The van der Waals surface area contributed by atoms with Crippen molar-refractivity contribution >= 4 is 11.7 Å². The fourth-order valence-electron chi connectivity index (χ4n) is 4.51. The molecule has 0 amide bonds. The first kappa shape index (κ1) is 24.1. The SMILES string of the molecule is CCCCCCCCCOc1cccc2c1C(CCn1ccnc1)CN2CC(=O)OCC. The van der Waals surface area contributed by atoms with Gasteiger partial charge in [-0.1, -0.05) is 51.5 Å². The molecule has 0 fully saturated rings. The molecule has 1 atom stereocenters. The monoisotopic (exact) mass is 441 g/mol. The molecule has 6 nitrogen and oxygen atoms in total. The minimum absolute atomic E-state index is 0.178. The first-order valence-electron chi connectivity index (χ1n) is 12.3. The summed E-state index contributed by atoms with van der Waals surface area (Å²) in [5.74, 6) is 1.10. The van der Waals surface area contributed by atoms with Gasteiger partial charge in [0.25, 0.3) is 0 Å². The number of imidazole rings is 1. The highest BCUT2D eigenvalue weighted by atomic mass is 16.5. The van der Waals surface area contributed by atoms with Gasteiger partial charge in [0.2, 0.25) is 0 Å². The van der Waals surface area contributed by atoms with Crippen LogP contribution >= 0.6 is 0 Å². The molecular formula is C26H39N3O3. The van der Waals surface area contributed by atoms with E-state index in [4.69, 9.17) is 9.47 Å². The van der Waals surface area contributed by atoms with Crippen LogP contribution in [0.25, 0.3) is 0 Å². The maximum Gasteiger partial charge on any atom is 0.325 e. The van der Waals surface area contributed by atoms with Crippen LogP contribution in [0.1, 0.15) is 76.7 Å². The Bertz CT molecular complexity index is 807. The summed E-state index contributed by atoms with van der Waals surface area (Å²) in [5, 5.41) is 0. The van der Waals surface area contributed by atoms with Crippen LogP contribution in [0, 0.1) is 0 Å². The third-order valence-electron chi connectivity index (χ3n) is 6.16. The number of fused-ring (bicyclic) bond motifs is 1. The number of anilines is 1. The average Bonchev–Trinajstić information content (AvgIpc) is 3.43. The van der Waals surface area contributed by atoms with Crippen LogP contribution in [0.2, 0.25) is 0 Å². The van der Waals surface area contributed by atoms with Crippen molar-refractivity contribution in [3.63, 3.8) is 0 Å². The van der Waals surface area contributed by atoms with Crippen LogP contribution in [0.5, 0.6) is 5.75 Å². The second-order valence-electron chi connectivity index (χ2n) is 8.63.